The van der Waals surface area contributed by atoms with Crippen molar-refractivity contribution in [2.75, 3.05) is 80.8 Å². The van der Waals surface area contributed by atoms with E-state index in [1.54, 1.807) is 28.4 Å². The normalized spacial score (nSPS) is 26.4. The van der Waals surface area contributed by atoms with E-state index in [9.17, 15) is 9.70 Å². The Morgan fingerprint density at radius 3 is 2.04 bits per heavy atom. The third-order valence-corrected chi connectivity index (χ3v) is 11.5. The van der Waals surface area contributed by atoms with Gasteiger partial charge in [-0.05, 0) is 91.7 Å². The van der Waals surface area contributed by atoms with E-state index < -0.39 is 0 Å². The van der Waals surface area contributed by atoms with Gasteiger partial charge in [-0.3, -0.25) is 19.6 Å². The quantitative estimate of drug-likeness (QED) is 0.360. The van der Waals surface area contributed by atoms with E-state index in [-0.39, 0.29) is 29.3 Å². The molecule has 11 nitrogen and oxygen atoms in total. The lowest BCUT2D eigenvalue weighted by atomic mass is 9.58. The fourth-order valence-electron chi connectivity index (χ4n) is 9.25. The van der Waals surface area contributed by atoms with Crippen LogP contribution in [0.5, 0.6) is 23.0 Å². The summed E-state index contributed by atoms with van der Waals surface area (Å²) in [7, 11) is 6.80. The first-order valence-corrected chi connectivity index (χ1v) is 17.2. The number of methoxy groups -OCH3 is 4. The molecule has 0 radical (unpaired) electrons. The van der Waals surface area contributed by atoms with Crippen molar-refractivity contribution in [1.82, 2.24) is 19.7 Å². The first kappa shape index (κ1) is 33.3. The summed E-state index contributed by atoms with van der Waals surface area (Å²) in [6, 6.07) is 8.82. The highest BCUT2D eigenvalue weighted by Gasteiger charge is 2.56. The summed E-state index contributed by atoms with van der Waals surface area (Å²) in [5, 5.41) is 4.63. The number of benzene rings is 2. The number of rotatable bonds is 9. The number of likely N-dealkylation sites (N-methyl/N-ethyl adjacent to an activating group) is 2. The highest BCUT2D eigenvalue weighted by atomic mass is 16.5. The van der Waals surface area contributed by atoms with Gasteiger partial charge in [0.05, 0.1) is 52.4 Å². The largest absolute Gasteiger partial charge is 0.493 e. The number of fused-ring (bicyclic) bond motifs is 3. The average Bonchev–Trinajstić information content (AvgIpc) is 3.13. The summed E-state index contributed by atoms with van der Waals surface area (Å²) < 4.78 is 23.3. The van der Waals surface area contributed by atoms with Crippen LogP contribution in [0.3, 0.4) is 0 Å². The molecule has 2 aromatic carbocycles. The predicted molar refractivity (Wildman–Crippen MR) is 180 cm³/mol. The summed E-state index contributed by atoms with van der Waals surface area (Å²) >= 11 is 0. The minimum atomic E-state index is -0.321. The SMILES string of the molecule is CCN1CCc2cc(OC)c(OC)cc2C1[C@H]1C[C@H](C(=O)N2CCN(N=O)CC2)CC[C@]12c1cc(OC)c(OC)cc1CCN2CC. The monoisotopic (exact) mass is 649 g/mol. The lowest BCUT2D eigenvalue weighted by molar-refractivity contribution is -0.143. The number of hydrogen-bond donors (Lipinski definition) is 0. The van der Waals surface area contributed by atoms with Gasteiger partial charge in [0.15, 0.2) is 23.0 Å². The van der Waals surface area contributed by atoms with Gasteiger partial charge in [-0.15, -0.1) is 4.91 Å². The Hall–Kier alpha value is -3.57. The van der Waals surface area contributed by atoms with Gasteiger partial charge in [0.2, 0.25) is 5.91 Å². The van der Waals surface area contributed by atoms with Crippen LogP contribution in [0.4, 0.5) is 0 Å². The standard InChI is InChI=1S/C36H51N5O6/c1-7-38-13-10-24-20-30(44-3)32(46-5)22-27(24)34(38)29-19-26(35(42)39-15-17-41(37-43)18-16-39)9-12-36(29)28-23-33(47-6)31(45-4)21-25(28)11-14-40(36)8-2/h20-23,26,29,34H,7-19H2,1-6H3/t26-,29-,34?,36+/m1/s1. The molecule has 0 bridgehead atoms. The zero-order valence-corrected chi connectivity index (χ0v) is 28.9. The molecule has 1 spiro atoms. The predicted octanol–water partition coefficient (Wildman–Crippen LogP) is 4.66. The molecule has 1 aliphatic carbocycles. The first-order valence-electron chi connectivity index (χ1n) is 17.2. The highest BCUT2D eigenvalue weighted by molar-refractivity contribution is 5.79. The maximum absolute atomic E-state index is 14.3. The van der Waals surface area contributed by atoms with Crippen molar-refractivity contribution in [2.45, 2.75) is 57.5 Å². The third-order valence-electron chi connectivity index (χ3n) is 11.5. The molecule has 2 aromatic rings. The van der Waals surface area contributed by atoms with Gasteiger partial charge in [0.1, 0.15) is 0 Å². The molecule has 1 unspecified atom stereocenters. The first-order chi connectivity index (χ1) is 22.9. The molecular formula is C36H51N5O6. The summed E-state index contributed by atoms with van der Waals surface area (Å²) in [6.45, 7) is 10.2. The van der Waals surface area contributed by atoms with Crippen LogP contribution >= 0.6 is 0 Å². The Morgan fingerprint density at radius 1 is 0.809 bits per heavy atom. The van der Waals surface area contributed by atoms with Crippen molar-refractivity contribution in [3.63, 3.8) is 0 Å². The molecule has 11 heteroatoms. The fraction of sp³-hybridized carbons (Fsp3) is 0.639. The summed E-state index contributed by atoms with van der Waals surface area (Å²) in [4.78, 5) is 32.7. The van der Waals surface area contributed by atoms with Gasteiger partial charge in [0, 0.05) is 44.1 Å². The number of carbonyl (C=O) groups excluding carboxylic acids is 1. The van der Waals surface area contributed by atoms with Gasteiger partial charge in [-0.2, -0.15) is 0 Å². The maximum Gasteiger partial charge on any atom is 0.225 e. The number of nitroso groups, excluding NO2 is 1. The van der Waals surface area contributed by atoms with E-state index in [0.717, 1.165) is 81.3 Å². The van der Waals surface area contributed by atoms with E-state index in [1.807, 2.05) is 4.90 Å². The van der Waals surface area contributed by atoms with Crippen LogP contribution in [-0.4, -0.2) is 106 Å². The molecular weight excluding hydrogens is 598 g/mol. The molecule has 47 heavy (non-hydrogen) atoms. The topological polar surface area (TPSA) is 96.4 Å². The van der Waals surface area contributed by atoms with Gasteiger partial charge in [-0.1, -0.05) is 13.8 Å². The van der Waals surface area contributed by atoms with E-state index in [4.69, 9.17) is 18.9 Å². The van der Waals surface area contributed by atoms with Crippen LogP contribution < -0.4 is 18.9 Å². The van der Waals surface area contributed by atoms with Crippen molar-refractivity contribution < 1.29 is 23.7 Å². The Balaban J connectivity index is 1.52. The molecule has 1 saturated heterocycles. The molecule has 256 valence electrons. The Morgan fingerprint density at radius 2 is 1.43 bits per heavy atom. The number of ether oxygens (including phenoxy) is 4. The second-order valence-electron chi connectivity index (χ2n) is 13.3. The minimum absolute atomic E-state index is 0.0587. The average molecular weight is 650 g/mol. The molecule has 1 saturated carbocycles. The number of amides is 1. The van der Waals surface area contributed by atoms with E-state index in [2.05, 4.69) is 53.2 Å². The lowest BCUT2D eigenvalue weighted by Crippen LogP contribution is -2.61. The molecule has 3 heterocycles. The van der Waals surface area contributed by atoms with E-state index in [1.165, 1.54) is 27.3 Å². The van der Waals surface area contributed by atoms with E-state index >= 15 is 0 Å². The zero-order valence-electron chi connectivity index (χ0n) is 28.9. The molecule has 2 fully saturated rings. The summed E-state index contributed by atoms with van der Waals surface area (Å²) in [6.07, 6.45) is 4.26. The van der Waals surface area contributed by atoms with Gasteiger partial charge in [0.25, 0.3) is 0 Å². The van der Waals surface area contributed by atoms with E-state index in [0.29, 0.717) is 26.2 Å². The molecule has 0 aromatic heterocycles. The highest BCUT2D eigenvalue weighted by Crippen LogP contribution is 2.58. The zero-order chi connectivity index (χ0) is 33.3. The second-order valence-corrected chi connectivity index (χ2v) is 13.3. The maximum atomic E-state index is 14.3. The van der Waals surface area contributed by atoms with Gasteiger partial charge >= 0.3 is 0 Å². The number of carbonyl (C=O) groups is 1. The van der Waals surface area contributed by atoms with Crippen LogP contribution in [0.25, 0.3) is 0 Å². The van der Waals surface area contributed by atoms with Crippen molar-refractivity contribution in [3.05, 3.63) is 51.4 Å². The summed E-state index contributed by atoms with van der Waals surface area (Å²) in [5.41, 5.74) is 4.82. The molecule has 0 N–H and O–H groups in total. The fourth-order valence-corrected chi connectivity index (χ4v) is 9.25. The smallest absolute Gasteiger partial charge is 0.225 e. The number of nitrogens with zero attached hydrogens (tertiary/aromatic N) is 5. The van der Waals surface area contributed by atoms with Crippen LogP contribution in [0.2, 0.25) is 0 Å². The number of hydrogen-bond acceptors (Lipinski definition) is 9. The van der Waals surface area contributed by atoms with Crippen LogP contribution in [-0.2, 0) is 23.2 Å². The Labute approximate surface area is 279 Å². The minimum Gasteiger partial charge on any atom is -0.493 e. The molecule has 6 rings (SSSR count). The Kier molecular flexibility index (Phi) is 9.85. The van der Waals surface area contributed by atoms with Crippen molar-refractivity contribution in [2.24, 2.45) is 17.1 Å². The molecule has 1 amide bonds. The van der Waals surface area contributed by atoms with Gasteiger partial charge < -0.3 is 23.8 Å². The summed E-state index contributed by atoms with van der Waals surface area (Å²) in [5.74, 6) is 3.16. The molecule has 4 aliphatic rings. The molecule has 4 atom stereocenters. The van der Waals surface area contributed by atoms with Crippen molar-refractivity contribution >= 4 is 5.91 Å². The van der Waals surface area contributed by atoms with Gasteiger partial charge in [-0.25, -0.2) is 0 Å². The van der Waals surface area contributed by atoms with Crippen LogP contribution in [0.1, 0.15) is 61.4 Å². The van der Waals surface area contributed by atoms with Crippen LogP contribution in [0.15, 0.2) is 29.6 Å². The second kappa shape index (κ2) is 13.9. The van der Waals surface area contributed by atoms with Crippen LogP contribution in [0, 0.1) is 16.7 Å². The lowest BCUT2D eigenvalue weighted by Gasteiger charge is -2.60. The number of piperazine rings is 1. The molecule has 3 aliphatic heterocycles. The van der Waals surface area contributed by atoms with Crippen molar-refractivity contribution in [1.29, 1.82) is 0 Å². The van der Waals surface area contributed by atoms with Crippen molar-refractivity contribution in [3.8, 4) is 23.0 Å². The Bertz CT molecular complexity index is 1460. The third kappa shape index (κ3) is 5.69.